The zero-order chi connectivity index (χ0) is 13.8. The highest BCUT2D eigenvalue weighted by Crippen LogP contribution is 2.31. The normalized spacial score (nSPS) is 24.5. The average molecular weight is 265 g/mol. The minimum Gasteiger partial charge on any atom is -0.481 e. The minimum absolute atomic E-state index is 0.168. The van der Waals surface area contributed by atoms with Gasteiger partial charge in [0.15, 0.2) is 0 Å². The number of hydrogen-bond acceptors (Lipinski definition) is 3. The zero-order valence-electron chi connectivity index (χ0n) is 11.7. The van der Waals surface area contributed by atoms with Gasteiger partial charge in [0, 0.05) is 24.3 Å². The van der Waals surface area contributed by atoms with Crippen molar-refractivity contribution in [2.75, 3.05) is 6.54 Å². The smallest absolute Gasteiger partial charge is 0.306 e. The molecule has 3 unspecified atom stereocenters. The van der Waals surface area contributed by atoms with Crippen LogP contribution in [0.25, 0.3) is 0 Å². The van der Waals surface area contributed by atoms with Crippen molar-refractivity contribution in [3.63, 3.8) is 0 Å². The summed E-state index contributed by atoms with van der Waals surface area (Å²) in [7, 11) is 0. The van der Waals surface area contributed by atoms with E-state index >= 15 is 0 Å². The van der Waals surface area contributed by atoms with Crippen LogP contribution in [0.5, 0.6) is 0 Å². The highest BCUT2D eigenvalue weighted by atomic mass is 16.4. The number of aryl methyl sites for hydroxylation is 1. The van der Waals surface area contributed by atoms with Gasteiger partial charge in [0.25, 0.3) is 0 Å². The summed E-state index contributed by atoms with van der Waals surface area (Å²) < 4.78 is 1.91. The van der Waals surface area contributed by atoms with Gasteiger partial charge < -0.3 is 10.4 Å². The van der Waals surface area contributed by atoms with E-state index in [4.69, 9.17) is 5.11 Å². The van der Waals surface area contributed by atoms with Gasteiger partial charge in [-0.25, -0.2) is 0 Å². The predicted molar refractivity (Wildman–Crippen MR) is 72.8 cm³/mol. The summed E-state index contributed by atoms with van der Waals surface area (Å²) in [6.45, 7) is 5.80. The SMILES string of the molecule is CCn1cc(C(C)NCC2CCCC2C(=O)O)cn1. The lowest BCUT2D eigenvalue weighted by Crippen LogP contribution is -2.30. The molecule has 0 amide bonds. The van der Waals surface area contributed by atoms with Gasteiger partial charge in [-0.15, -0.1) is 0 Å². The molecule has 0 saturated heterocycles. The largest absolute Gasteiger partial charge is 0.481 e. The van der Waals surface area contributed by atoms with E-state index in [1.165, 1.54) is 0 Å². The molecule has 3 atom stereocenters. The van der Waals surface area contributed by atoms with E-state index in [0.717, 1.165) is 37.9 Å². The highest BCUT2D eigenvalue weighted by molar-refractivity contribution is 5.70. The Morgan fingerprint density at radius 1 is 1.63 bits per heavy atom. The van der Waals surface area contributed by atoms with Crippen molar-refractivity contribution in [3.05, 3.63) is 18.0 Å². The molecule has 1 saturated carbocycles. The van der Waals surface area contributed by atoms with Crippen molar-refractivity contribution in [1.82, 2.24) is 15.1 Å². The average Bonchev–Trinajstić information content (AvgIpc) is 3.04. The standard InChI is InChI=1S/C14H23N3O2/c1-3-17-9-12(8-16-17)10(2)15-7-11-5-4-6-13(11)14(18)19/h8-11,13,15H,3-7H2,1-2H3,(H,18,19). The number of carboxylic acid groups (broad SMARTS) is 1. The lowest BCUT2D eigenvalue weighted by Gasteiger charge is -2.19. The van der Waals surface area contributed by atoms with Crippen LogP contribution < -0.4 is 5.32 Å². The van der Waals surface area contributed by atoms with Crippen LogP contribution in [0.4, 0.5) is 0 Å². The van der Waals surface area contributed by atoms with Crippen LogP contribution in [0.15, 0.2) is 12.4 Å². The molecular weight excluding hydrogens is 242 g/mol. The number of aromatic nitrogens is 2. The molecule has 1 aliphatic rings. The summed E-state index contributed by atoms with van der Waals surface area (Å²) in [6.07, 6.45) is 6.80. The third-order valence-corrected chi connectivity index (χ3v) is 4.14. The van der Waals surface area contributed by atoms with Crippen molar-refractivity contribution in [2.24, 2.45) is 11.8 Å². The maximum atomic E-state index is 11.1. The monoisotopic (exact) mass is 265 g/mol. The number of nitrogens with zero attached hydrogens (tertiary/aromatic N) is 2. The second kappa shape index (κ2) is 6.19. The van der Waals surface area contributed by atoms with Crippen LogP contribution in [-0.2, 0) is 11.3 Å². The molecule has 0 spiro atoms. The first-order chi connectivity index (χ1) is 9.11. The number of hydrogen-bond donors (Lipinski definition) is 2. The molecule has 5 nitrogen and oxygen atoms in total. The Bertz CT molecular complexity index is 430. The van der Waals surface area contributed by atoms with Gasteiger partial charge in [-0.3, -0.25) is 9.48 Å². The van der Waals surface area contributed by atoms with Crippen LogP contribution in [0.2, 0.25) is 0 Å². The van der Waals surface area contributed by atoms with Crippen molar-refractivity contribution < 1.29 is 9.90 Å². The Morgan fingerprint density at radius 2 is 2.42 bits per heavy atom. The van der Waals surface area contributed by atoms with Gasteiger partial charge in [-0.2, -0.15) is 5.10 Å². The van der Waals surface area contributed by atoms with Gasteiger partial charge in [0.05, 0.1) is 12.1 Å². The van der Waals surface area contributed by atoms with E-state index in [0.29, 0.717) is 0 Å². The fourth-order valence-electron chi connectivity index (χ4n) is 2.83. The van der Waals surface area contributed by atoms with Gasteiger partial charge in [0.1, 0.15) is 0 Å². The Kier molecular flexibility index (Phi) is 4.58. The fourth-order valence-corrected chi connectivity index (χ4v) is 2.83. The zero-order valence-corrected chi connectivity index (χ0v) is 11.7. The van der Waals surface area contributed by atoms with Gasteiger partial charge in [-0.05, 0) is 39.2 Å². The van der Waals surface area contributed by atoms with Crippen molar-refractivity contribution in [3.8, 4) is 0 Å². The molecule has 1 fully saturated rings. The second-order valence-corrected chi connectivity index (χ2v) is 5.40. The lowest BCUT2D eigenvalue weighted by atomic mass is 9.96. The van der Waals surface area contributed by atoms with Crippen LogP contribution in [0, 0.1) is 11.8 Å². The van der Waals surface area contributed by atoms with Gasteiger partial charge in [0.2, 0.25) is 0 Å². The Hall–Kier alpha value is -1.36. The third kappa shape index (κ3) is 3.35. The van der Waals surface area contributed by atoms with E-state index < -0.39 is 5.97 Å². The van der Waals surface area contributed by atoms with E-state index in [-0.39, 0.29) is 17.9 Å². The molecule has 0 radical (unpaired) electrons. The summed E-state index contributed by atoms with van der Waals surface area (Å²) >= 11 is 0. The summed E-state index contributed by atoms with van der Waals surface area (Å²) in [5, 5.41) is 16.9. The molecule has 1 heterocycles. The number of carbonyl (C=O) groups is 1. The van der Waals surface area contributed by atoms with Crippen LogP contribution >= 0.6 is 0 Å². The van der Waals surface area contributed by atoms with Gasteiger partial charge >= 0.3 is 5.97 Å². The maximum Gasteiger partial charge on any atom is 0.306 e. The molecule has 1 aliphatic carbocycles. The molecule has 0 bridgehead atoms. The maximum absolute atomic E-state index is 11.1. The van der Waals surface area contributed by atoms with E-state index in [1.807, 2.05) is 17.1 Å². The first-order valence-corrected chi connectivity index (χ1v) is 7.10. The summed E-state index contributed by atoms with van der Waals surface area (Å²) in [6, 6.07) is 0.218. The van der Waals surface area contributed by atoms with Gasteiger partial charge in [-0.1, -0.05) is 6.42 Å². The molecule has 2 rings (SSSR count). The highest BCUT2D eigenvalue weighted by Gasteiger charge is 2.32. The fraction of sp³-hybridized carbons (Fsp3) is 0.714. The molecule has 1 aromatic rings. The third-order valence-electron chi connectivity index (χ3n) is 4.14. The topological polar surface area (TPSA) is 67.2 Å². The molecule has 5 heteroatoms. The van der Waals surface area contributed by atoms with Crippen molar-refractivity contribution in [1.29, 1.82) is 0 Å². The van der Waals surface area contributed by atoms with E-state index in [9.17, 15) is 4.79 Å². The first-order valence-electron chi connectivity index (χ1n) is 7.10. The number of carboxylic acids is 1. The van der Waals surface area contributed by atoms with Crippen molar-refractivity contribution in [2.45, 2.75) is 45.7 Å². The summed E-state index contributed by atoms with van der Waals surface area (Å²) in [5.74, 6) is -0.546. The molecule has 0 aliphatic heterocycles. The Labute approximate surface area is 114 Å². The van der Waals surface area contributed by atoms with Crippen LogP contribution in [-0.4, -0.2) is 27.4 Å². The molecule has 0 aromatic carbocycles. The summed E-state index contributed by atoms with van der Waals surface area (Å²) in [5.41, 5.74) is 1.16. The summed E-state index contributed by atoms with van der Waals surface area (Å²) in [4.78, 5) is 11.1. The molecule has 2 N–H and O–H groups in total. The second-order valence-electron chi connectivity index (χ2n) is 5.40. The van der Waals surface area contributed by atoms with E-state index in [2.05, 4.69) is 24.3 Å². The molecule has 106 valence electrons. The first kappa shape index (κ1) is 14.1. The van der Waals surface area contributed by atoms with E-state index in [1.54, 1.807) is 0 Å². The van der Waals surface area contributed by atoms with Crippen molar-refractivity contribution >= 4 is 5.97 Å². The molecule has 19 heavy (non-hydrogen) atoms. The number of nitrogens with one attached hydrogen (secondary N) is 1. The molecular formula is C14H23N3O2. The molecule has 1 aromatic heterocycles. The Morgan fingerprint density at radius 3 is 3.05 bits per heavy atom. The number of aliphatic carboxylic acids is 1. The quantitative estimate of drug-likeness (QED) is 0.826. The Balaban J connectivity index is 1.86. The predicted octanol–water partition coefficient (Wildman–Crippen LogP) is 2.05. The van der Waals surface area contributed by atoms with Crippen LogP contribution in [0.3, 0.4) is 0 Å². The minimum atomic E-state index is -0.643. The number of rotatable bonds is 6. The lowest BCUT2D eigenvalue weighted by molar-refractivity contribution is -0.142. The van der Waals surface area contributed by atoms with Crippen LogP contribution in [0.1, 0.15) is 44.7 Å².